The number of nitriles is 2. The van der Waals surface area contributed by atoms with Gasteiger partial charge in [0.2, 0.25) is 0 Å². The van der Waals surface area contributed by atoms with Gasteiger partial charge in [-0.05, 0) is 17.5 Å². The zero-order chi connectivity index (χ0) is 12.1. The molecule has 2 nitrogen and oxygen atoms in total. The number of hydrogen-bond acceptors (Lipinski definition) is 2. The molecular weight excluding hydrogens is 212 g/mol. The van der Waals surface area contributed by atoms with Gasteiger partial charge in [-0.2, -0.15) is 10.5 Å². The Labute approximate surface area is 98.9 Å². The van der Waals surface area contributed by atoms with Crippen LogP contribution in [-0.4, -0.2) is 10.2 Å². The van der Waals surface area contributed by atoms with Crippen molar-refractivity contribution in [2.75, 3.05) is 0 Å². The highest BCUT2D eigenvalue weighted by molar-refractivity contribution is 6.22. The normalized spacial score (nSPS) is 9.06. The van der Waals surface area contributed by atoms with Crippen molar-refractivity contribution in [3.05, 3.63) is 34.4 Å². The van der Waals surface area contributed by atoms with Crippen molar-refractivity contribution in [3.63, 3.8) is 0 Å². The second-order valence-electron chi connectivity index (χ2n) is 3.71. The average molecular weight is 224 g/mol. The standard InChI is InChI=1S/C13H12N2Si/c1-9(2)11-4-3-10(7-14)13(8-15)12(11)5-6-16/h3-4,9H,1-2,16H3. The lowest BCUT2D eigenvalue weighted by Gasteiger charge is -2.10. The number of rotatable bonds is 1. The summed E-state index contributed by atoms with van der Waals surface area (Å²) in [5.41, 5.74) is 5.53. The maximum absolute atomic E-state index is 9.11. The Hall–Kier alpha value is -2.02. The van der Waals surface area contributed by atoms with Gasteiger partial charge in [-0.3, -0.25) is 0 Å². The fourth-order valence-electron chi connectivity index (χ4n) is 1.57. The Bertz CT molecular complexity index is 548. The molecular formula is C13H12N2Si. The maximum atomic E-state index is 9.11. The van der Waals surface area contributed by atoms with E-state index in [2.05, 4.69) is 31.4 Å². The van der Waals surface area contributed by atoms with Gasteiger partial charge in [-0.1, -0.05) is 25.8 Å². The van der Waals surface area contributed by atoms with Crippen molar-refractivity contribution in [3.8, 4) is 23.6 Å². The zero-order valence-electron chi connectivity index (χ0n) is 9.63. The summed E-state index contributed by atoms with van der Waals surface area (Å²) >= 11 is 0. The Balaban J connectivity index is 3.64. The van der Waals surface area contributed by atoms with Crippen molar-refractivity contribution < 1.29 is 0 Å². The molecule has 0 saturated heterocycles. The van der Waals surface area contributed by atoms with Gasteiger partial charge in [0.15, 0.2) is 0 Å². The minimum atomic E-state index is 0.303. The van der Waals surface area contributed by atoms with E-state index in [9.17, 15) is 0 Å². The summed E-state index contributed by atoms with van der Waals surface area (Å²) in [4.78, 5) is 0. The number of nitrogens with zero attached hydrogens (tertiary/aromatic N) is 2. The fraction of sp³-hybridized carbons (Fsp3) is 0.231. The van der Waals surface area contributed by atoms with Gasteiger partial charge in [0.1, 0.15) is 12.1 Å². The van der Waals surface area contributed by atoms with Gasteiger partial charge < -0.3 is 0 Å². The smallest absolute Gasteiger partial charge is 0.102 e. The molecule has 0 unspecified atom stereocenters. The van der Waals surface area contributed by atoms with Gasteiger partial charge in [0.05, 0.1) is 21.4 Å². The molecule has 0 radical (unpaired) electrons. The third-order valence-corrected chi connectivity index (χ3v) is 2.59. The molecule has 3 heteroatoms. The molecule has 0 spiro atoms. The van der Waals surface area contributed by atoms with Crippen molar-refractivity contribution in [1.29, 1.82) is 10.5 Å². The van der Waals surface area contributed by atoms with Crippen LogP contribution in [0.15, 0.2) is 12.1 Å². The fourth-order valence-corrected chi connectivity index (χ4v) is 1.82. The van der Waals surface area contributed by atoms with E-state index >= 15 is 0 Å². The molecule has 16 heavy (non-hydrogen) atoms. The lowest BCUT2D eigenvalue weighted by Crippen LogP contribution is -1.99. The molecule has 0 fully saturated rings. The lowest BCUT2D eigenvalue weighted by atomic mass is 9.91. The van der Waals surface area contributed by atoms with Crippen LogP contribution in [0.2, 0.25) is 0 Å². The molecule has 0 bridgehead atoms. The Morgan fingerprint density at radius 1 is 1.12 bits per heavy atom. The van der Waals surface area contributed by atoms with Crippen molar-refractivity contribution in [2.24, 2.45) is 0 Å². The lowest BCUT2D eigenvalue weighted by molar-refractivity contribution is 0.862. The second kappa shape index (κ2) is 5.17. The van der Waals surface area contributed by atoms with E-state index in [1.54, 1.807) is 6.07 Å². The molecule has 0 saturated carbocycles. The number of benzene rings is 1. The van der Waals surface area contributed by atoms with E-state index < -0.39 is 0 Å². The summed E-state index contributed by atoms with van der Waals surface area (Å²) in [6.07, 6.45) is 0. The van der Waals surface area contributed by atoms with Crippen molar-refractivity contribution >= 4 is 10.2 Å². The van der Waals surface area contributed by atoms with E-state index in [0.717, 1.165) is 21.4 Å². The van der Waals surface area contributed by atoms with Crippen LogP contribution in [0.25, 0.3) is 0 Å². The maximum Gasteiger partial charge on any atom is 0.102 e. The van der Waals surface area contributed by atoms with Crippen LogP contribution in [0.1, 0.15) is 42.0 Å². The first-order chi connectivity index (χ1) is 7.65. The summed E-state index contributed by atoms with van der Waals surface area (Å²) < 4.78 is 0. The monoisotopic (exact) mass is 224 g/mol. The molecule has 0 aliphatic heterocycles. The predicted octanol–water partition coefficient (Wildman–Crippen LogP) is 1.23. The van der Waals surface area contributed by atoms with E-state index in [1.165, 1.54) is 0 Å². The molecule has 78 valence electrons. The topological polar surface area (TPSA) is 47.6 Å². The summed E-state index contributed by atoms with van der Waals surface area (Å²) in [7, 11) is 0.764. The van der Waals surface area contributed by atoms with Crippen LogP contribution in [-0.2, 0) is 0 Å². The Morgan fingerprint density at radius 2 is 1.81 bits per heavy atom. The Kier molecular flexibility index (Phi) is 3.89. The molecule has 0 amide bonds. The Morgan fingerprint density at radius 3 is 2.25 bits per heavy atom. The highest BCUT2D eigenvalue weighted by Gasteiger charge is 2.13. The second-order valence-corrected chi connectivity index (χ2v) is 4.21. The summed E-state index contributed by atoms with van der Waals surface area (Å²) in [5, 5.41) is 18.0. The van der Waals surface area contributed by atoms with E-state index in [0.29, 0.717) is 17.0 Å². The molecule has 0 heterocycles. The van der Waals surface area contributed by atoms with Crippen molar-refractivity contribution in [2.45, 2.75) is 19.8 Å². The first-order valence-corrected chi connectivity index (χ1v) is 6.05. The predicted molar refractivity (Wildman–Crippen MR) is 66.8 cm³/mol. The highest BCUT2D eigenvalue weighted by atomic mass is 28.1. The molecule has 1 aromatic rings. The van der Waals surface area contributed by atoms with Gasteiger partial charge >= 0.3 is 0 Å². The molecule has 1 rings (SSSR count). The summed E-state index contributed by atoms with van der Waals surface area (Å²) in [6, 6.07) is 7.71. The van der Waals surface area contributed by atoms with Crippen molar-refractivity contribution in [1.82, 2.24) is 0 Å². The minimum Gasteiger partial charge on any atom is -0.192 e. The third-order valence-electron chi connectivity index (χ3n) is 2.34. The van der Waals surface area contributed by atoms with Crippen LogP contribution in [0.3, 0.4) is 0 Å². The average Bonchev–Trinajstić information content (AvgIpc) is 2.28. The van der Waals surface area contributed by atoms with Crippen LogP contribution < -0.4 is 0 Å². The van der Waals surface area contributed by atoms with Crippen LogP contribution in [0.5, 0.6) is 0 Å². The van der Waals surface area contributed by atoms with E-state index in [1.807, 2.05) is 12.1 Å². The first-order valence-electron chi connectivity index (χ1n) is 5.05. The van der Waals surface area contributed by atoms with E-state index in [-0.39, 0.29) is 0 Å². The molecule has 0 aliphatic rings. The van der Waals surface area contributed by atoms with Gasteiger partial charge in [-0.25, -0.2) is 0 Å². The first kappa shape index (κ1) is 12.0. The number of hydrogen-bond donors (Lipinski definition) is 0. The molecule has 0 aromatic heterocycles. The van der Waals surface area contributed by atoms with Crippen LogP contribution in [0, 0.1) is 34.1 Å². The van der Waals surface area contributed by atoms with Gasteiger partial charge in [-0.15, -0.1) is 5.54 Å². The zero-order valence-corrected chi connectivity index (χ0v) is 11.6. The molecule has 1 aromatic carbocycles. The molecule has 0 N–H and O–H groups in total. The SMILES string of the molecule is CC(C)c1ccc(C#N)c(C#N)c1C#C[SiH3]. The third kappa shape index (κ3) is 2.14. The minimum absolute atomic E-state index is 0.303. The summed E-state index contributed by atoms with van der Waals surface area (Å²) in [5.74, 6) is 3.29. The largest absolute Gasteiger partial charge is 0.192 e. The highest BCUT2D eigenvalue weighted by Crippen LogP contribution is 2.24. The van der Waals surface area contributed by atoms with Crippen LogP contribution in [0.4, 0.5) is 0 Å². The van der Waals surface area contributed by atoms with Gasteiger partial charge in [0.25, 0.3) is 0 Å². The van der Waals surface area contributed by atoms with E-state index in [4.69, 9.17) is 10.5 Å². The van der Waals surface area contributed by atoms with Gasteiger partial charge in [0, 0.05) is 5.56 Å². The van der Waals surface area contributed by atoms with Crippen LogP contribution >= 0.6 is 0 Å². The molecule has 0 aliphatic carbocycles. The summed E-state index contributed by atoms with van der Waals surface area (Å²) in [6.45, 7) is 4.11. The molecule has 0 atom stereocenters. The quantitative estimate of drug-likeness (QED) is 0.532.